The molecule has 0 aliphatic carbocycles. The van der Waals surface area contributed by atoms with Crippen LogP contribution in [0.1, 0.15) is 0 Å². The molecule has 72 valence electrons. The van der Waals surface area contributed by atoms with Crippen LogP contribution in [0.4, 0.5) is 0 Å². The number of methoxy groups -OCH3 is 1. The van der Waals surface area contributed by atoms with Gasteiger partial charge in [-0.3, -0.25) is 4.98 Å². The SMILES string of the molecule is COc1c(Cl)cncc1S(N)(=O)=O. The van der Waals surface area contributed by atoms with Crippen molar-refractivity contribution in [2.75, 3.05) is 7.11 Å². The molecular weight excluding hydrogens is 216 g/mol. The van der Waals surface area contributed by atoms with Crippen LogP contribution < -0.4 is 9.88 Å². The third-order valence-electron chi connectivity index (χ3n) is 1.33. The molecule has 0 amide bonds. The summed E-state index contributed by atoms with van der Waals surface area (Å²) in [7, 11) is -2.54. The first-order valence-electron chi connectivity index (χ1n) is 3.17. The molecule has 1 heterocycles. The number of nitrogens with two attached hydrogens (primary N) is 1. The number of aromatic nitrogens is 1. The molecule has 0 spiro atoms. The molecule has 0 radical (unpaired) electrons. The van der Waals surface area contributed by atoms with Crippen molar-refractivity contribution in [3.8, 4) is 5.75 Å². The maximum atomic E-state index is 11.0. The van der Waals surface area contributed by atoms with Crippen LogP contribution in [0.15, 0.2) is 17.3 Å². The number of rotatable bonds is 2. The van der Waals surface area contributed by atoms with Crippen molar-refractivity contribution >= 4 is 21.6 Å². The molecule has 0 unspecified atom stereocenters. The Morgan fingerprint density at radius 2 is 2.15 bits per heavy atom. The maximum absolute atomic E-state index is 11.0. The van der Waals surface area contributed by atoms with Gasteiger partial charge < -0.3 is 4.74 Å². The van der Waals surface area contributed by atoms with Crippen molar-refractivity contribution in [3.63, 3.8) is 0 Å². The number of nitrogens with zero attached hydrogens (tertiary/aromatic N) is 1. The molecule has 0 saturated carbocycles. The maximum Gasteiger partial charge on any atom is 0.243 e. The minimum Gasteiger partial charge on any atom is -0.494 e. The highest BCUT2D eigenvalue weighted by Crippen LogP contribution is 2.29. The topological polar surface area (TPSA) is 82.3 Å². The van der Waals surface area contributed by atoms with Gasteiger partial charge in [-0.1, -0.05) is 11.6 Å². The van der Waals surface area contributed by atoms with Gasteiger partial charge in [0.1, 0.15) is 9.92 Å². The van der Waals surface area contributed by atoms with E-state index >= 15 is 0 Å². The van der Waals surface area contributed by atoms with Crippen molar-refractivity contribution in [2.45, 2.75) is 4.90 Å². The van der Waals surface area contributed by atoms with Gasteiger partial charge in [-0.05, 0) is 0 Å². The summed E-state index contributed by atoms with van der Waals surface area (Å²) in [6, 6.07) is 0. The minimum atomic E-state index is -3.84. The Balaban J connectivity index is 3.47. The molecule has 0 fully saturated rings. The fraction of sp³-hybridized carbons (Fsp3) is 0.167. The van der Waals surface area contributed by atoms with Crippen LogP contribution >= 0.6 is 11.6 Å². The quantitative estimate of drug-likeness (QED) is 0.785. The number of pyridine rings is 1. The van der Waals surface area contributed by atoms with E-state index in [-0.39, 0.29) is 15.7 Å². The second-order valence-corrected chi connectivity index (χ2v) is 4.13. The van der Waals surface area contributed by atoms with Crippen molar-refractivity contribution in [2.24, 2.45) is 5.14 Å². The van der Waals surface area contributed by atoms with E-state index in [0.717, 1.165) is 6.20 Å². The highest BCUT2D eigenvalue weighted by Gasteiger charge is 2.17. The Hall–Kier alpha value is -0.850. The summed E-state index contributed by atoms with van der Waals surface area (Å²) < 4.78 is 26.7. The average Bonchev–Trinajstić information content (AvgIpc) is 2.02. The van der Waals surface area contributed by atoms with Crippen LogP contribution in [-0.2, 0) is 10.0 Å². The Morgan fingerprint density at radius 1 is 1.54 bits per heavy atom. The number of ether oxygens (including phenoxy) is 1. The van der Waals surface area contributed by atoms with Gasteiger partial charge in [-0.25, -0.2) is 13.6 Å². The molecule has 7 heteroatoms. The summed E-state index contributed by atoms with van der Waals surface area (Å²) >= 11 is 5.63. The molecule has 2 N–H and O–H groups in total. The normalized spacial score (nSPS) is 11.3. The van der Waals surface area contributed by atoms with E-state index in [1.54, 1.807) is 0 Å². The van der Waals surface area contributed by atoms with Gasteiger partial charge in [-0.15, -0.1) is 0 Å². The molecule has 0 saturated heterocycles. The van der Waals surface area contributed by atoms with Gasteiger partial charge in [0.05, 0.1) is 13.3 Å². The van der Waals surface area contributed by atoms with Crippen LogP contribution in [0.2, 0.25) is 5.02 Å². The van der Waals surface area contributed by atoms with Crippen LogP contribution in [0.25, 0.3) is 0 Å². The molecular formula is C6H7ClN2O3S. The molecule has 1 rings (SSSR count). The monoisotopic (exact) mass is 222 g/mol. The number of halogens is 1. The summed E-state index contributed by atoms with van der Waals surface area (Å²) in [5.41, 5.74) is 0. The second-order valence-electron chi connectivity index (χ2n) is 2.20. The Bertz CT molecular complexity index is 418. The van der Waals surface area contributed by atoms with Crippen LogP contribution in [0, 0.1) is 0 Å². The van der Waals surface area contributed by atoms with Gasteiger partial charge >= 0.3 is 0 Å². The zero-order valence-electron chi connectivity index (χ0n) is 6.69. The summed E-state index contributed by atoms with van der Waals surface area (Å²) in [6.45, 7) is 0. The van der Waals surface area contributed by atoms with Crippen molar-refractivity contribution in [1.82, 2.24) is 4.98 Å². The van der Waals surface area contributed by atoms with Crippen molar-refractivity contribution in [1.29, 1.82) is 0 Å². The first-order valence-corrected chi connectivity index (χ1v) is 5.09. The first kappa shape index (κ1) is 10.2. The third-order valence-corrected chi connectivity index (χ3v) is 2.50. The van der Waals surface area contributed by atoms with Gasteiger partial charge in [0.15, 0.2) is 5.75 Å². The molecule has 5 nitrogen and oxygen atoms in total. The summed E-state index contributed by atoms with van der Waals surface area (Å²) in [4.78, 5) is 3.37. The van der Waals surface area contributed by atoms with Crippen LogP contribution in [-0.4, -0.2) is 20.5 Å². The lowest BCUT2D eigenvalue weighted by Crippen LogP contribution is -2.13. The van der Waals surface area contributed by atoms with Gasteiger partial charge in [0, 0.05) is 6.20 Å². The Kier molecular flexibility index (Phi) is 2.74. The lowest BCUT2D eigenvalue weighted by Gasteiger charge is -2.06. The van der Waals surface area contributed by atoms with Crippen molar-refractivity contribution in [3.05, 3.63) is 17.4 Å². The number of primary sulfonamides is 1. The average molecular weight is 223 g/mol. The Labute approximate surface area is 80.5 Å². The van der Waals surface area contributed by atoms with E-state index in [0.29, 0.717) is 0 Å². The molecule has 0 aromatic carbocycles. The van der Waals surface area contributed by atoms with E-state index in [1.807, 2.05) is 0 Å². The number of sulfonamides is 1. The number of hydrogen-bond acceptors (Lipinski definition) is 4. The smallest absolute Gasteiger partial charge is 0.243 e. The zero-order valence-corrected chi connectivity index (χ0v) is 8.26. The summed E-state index contributed by atoms with van der Waals surface area (Å²) in [5.74, 6) is 0.0131. The first-order chi connectivity index (χ1) is 5.96. The predicted molar refractivity (Wildman–Crippen MR) is 47.2 cm³/mol. The van der Waals surface area contributed by atoms with E-state index in [9.17, 15) is 8.42 Å². The third kappa shape index (κ3) is 2.09. The second kappa shape index (κ2) is 3.49. The molecule has 0 aliphatic rings. The Morgan fingerprint density at radius 3 is 2.54 bits per heavy atom. The fourth-order valence-electron chi connectivity index (χ4n) is 0.806. The van der Waals surface area contributed by atoms with E-state index in [2.05, 4.69) is 4.98 Å². The van der Waals surface area contributed by atoms with Gasteiger partial charge in [0.25, 0.3) is 0 Å². The van der Waals surface area contributed by atoms with E-state index in [1.165, 1.54) is 13.3 Å². The largest absolute Gasteiger partial charge is 0.494 e. The molecule has 0 atom stereocenters. The fourth-order valence-corrected chi connectivity index (χ4v) is 1.76. The predicted octanol–water partition coefficient (Wildman–Crippen LogP) is 0.391. The van der Waals surface area contributed by atoms with Crippen molar-refractivity contribution < 1.29 is 13.2 Å². The molecule has 13 heavy (non-hydrogen) atoms. The lowest BCUT2D eigenvalue weighted by molar-refractivity contribution is 0.402. The van der Waals surface area contributed by atoms with E-state index in [4.69, 9.17) is 21.5 Å². The van der Waals surface area contributed by atoms with Gasteiger partial charge in [-0.2, -0.15) is 0 Å². The minimum absolute atomic E-state index is 0.0131. The van der Waals surface area contributed by atoms with Crippen LogP contribution in [0.5, 0.6) is 5.75 Å². The summed E-state index contributed by atoms with van der Waals surface area (Å²) in [5, 5.41) is 5.00. The lowest BCUT2D eigenvalue weighted by atomic mass is 10.4. The molecule has 1 aromatic heterocycles. The highest BCUT2D eigenvalue weighted by molar-refractivity contribution is 7.89. The van der Waals surface area contributed by atoms with Gasteiger partial charge in [0.2, 0.25) is 10.0 Å². The highest BCUT2D eigenvalue weighted by atomic mass is 35.5. The summed E-state index contributed by atoms with van der Waals surface area (Å²) in [6.07, 6.45) is 2.36. The standard InChI is InChI=1S/C6H7ClN2O3S/c1-12-6-4(7)2-9-3-5(6)13(8,10)11/h2-3H,1H3,(H2,8,10,11). The zero-order chi connectivity index (χ0) is 10.1. The number of hydrogen-bond donors (Lipinski definition) is 1. The molecule has 0 aliphatic heterocycles. The van der Waals surface area contributed by atoms with E-state index < -0.39 is 10.0 Å². The van der Waals surface area contributed by atoms with Crippen LogP contribution in [0.3, 0.4) is 0 Å². The molecule has 1 aromatic rings. The molecule has 0 bridgehead atoms.